The molecule has 2 aromatic rings. The van der Waals surface area contributed by atoms with Crippen LogP contribution in [0.3, 0.4) is 0 Å². The first-order valence-corrected chi connectivity index (χ1v) is 7.73. The summed E-state index contributed by atoms with van der Waals surface area (Å²) in [6.07, 6.45) is 0. The smallest absolute Gasteiger partial charge is 0.222 e. The second kappa shape index (κ2) is 4.86. The van der Waals surface area contributed by atoms with Crippen LogP contribution in [0.25, 0.3) is 11.0 Å². The monoisotopic (exact) mass is 294 g/mol. The van der Waals surface area contributed by atoms with E-state index in [1.807, 2.05) is 0 Å². The van der Waals surface area contributed by atoms with Crippen LogP contribution in [0, 0.1) is 6.92 Å². The maximum Gasteiger partial charge on any atom is 0.222 e. The van der Waals surface area contributed by atoms with Gasteiger partial charge < -0.3 is 4.42 Å². The van der Waals surface area contributed by atoms with Crippen LogP contribution < -0.4 is 5.43 Å². The third-order valence-corrected chi connectivity index (χ3v) is 4.59. The lowest BCUT2D eigenvalue weighted by Gasteiger charge is -2.07. The van der Waals surface area contributed by atoms with Gasteiger partial charge in [0, 0.05) is 6.07 Å². The number of carbonyl (C=O) groups is 1. The first-order chi connectivity index (χ1) is 9.26. The molecule has 0 saturated carbocycles. The van der Waals surface area contributed by atoms with Gasteiger partial charge in [-0.05, 0) is 31.5 Å². The Morgan fingerprint density at radius 1 is 1.25 bits per heavy atom. The van der Waals surface area contributed by atoms with Gasteiger partial charge in [0.2, 0.25) is 14.9 Å². The normalized spacial score (nSPS) is 11.8. The molecule has 0 fully saturated rings. The molecular weight excluding hydrogens is 280 g/mol. The third-order valence-electron chi connectivity index (χ3n) is 3.02. The second-order valence-electron chi connectivity index (χ2n) is 4.58. The highest BCUT2D eigenvalue weighted by Crippen LogP contribution is 2.22. The van der Waals surface area contributed by atoms with Gasteiger partial charge >= 0.3 is 0 Å². The zero-order valence-electron chi connectivity index (χ0n) is 11.4. The van der Waals surface area contributed by atoms with E-state index in [-0.39, 0.29) is 28.1 Å². The molecule has 0 unspecified atom stereocenters. The molecule has 0 radical (unpaired) electrons. The molecule has 0 amide bonds. The quantitative estimate of drug-likeness (QED) is 0.810. The van der Waals surface area contributed by atoms with Crippen molar-refractivity contribution >= 4 is 26.6 Å². The van der Waals surface area contributed by atoms with Crippen LogP contribution in [-0.4, -0.2) is 20.0 Å². The Labute approximate surface area is 116 Å². The van der Waals surface area contributed by atoms with E-state index in [0.717, 1.165) is 11.6 Å². The van der Waals surface area contributed by atoms with Crippen LogP contribution in [0.5, 0.6) is 0 Å². The second-order valence-corrected chi connectivity index (χ2v) is 6.79. The van der Waals surface area contributed by atoms with Gasteiger partial charge in [0.05, 0.1) is 16.7 Å². The number of ketones is 1. The molecule has 1 aromatic carbocycles. The maximum atomic E-state index is 12.1. The Morgan fingerprint density at radius 2 is 1.90 bits per heavy atom. The van der Waals surface area contributed by atoms with Crippen molar-refractivity contribution in [1.82, 2.24) is 0 Å². The number of sulfone groups is 1. The van der Waals surface area contributed by atoms with E-state index in [1.54, 1.807) is 19.1 Å². The summed E-state index contributed by atoms with van der Waals surface area (Å²) in [5, 5.41) is -0.186. The predicted octanol–water partition coefficient (Wildman–Crippen LogP) is 2.10. The summed E-state index contributed by atoms with van der Waals surface area (Å²) >= 11 is 0. The number of rotatable bonds is 3. The number of hydrogen-bond donors (Lipinski definition) is 0. The highest BCUT2D eigenvalue weighted by Gasteiger charge is 2.19. The van der Waals surface area contributed by atoms with E-state index in [0.29, 0.717) is 0 Å². The van der Waals surface area contributed by atoms with Crippen LogP contribution >= 0.6 is 0 Å². The number of hydrogen-bond acceptors (Lipinski definition) is 5. The van der Waals surface area contributed by atoms with Gasteiger partial charge in [0.25, 0.3) is 0 Å². The van der Waals surface area contributed by atoms with E-state index in [4.69, 9.17) is 4.42 Å². The summed E-state index contributed by atoms with van der Waals surface area (Å²) in [6, 6.07) is 4.12. The summed E-state index contributed by atoms with van der Waals surface area (Å²) in [5.41, 5.74) is 0.512. The van der Waals surface area contributed by atoms with Crippen molar-refractivity contribution < 1.29 is 17.6 Å². The molecule has 0 aliphatic rings. The standard InChI is InChI=1S/C14H14O5S/c1-4-20(17,18)13-7-12(16)11-6-8(2)5-10(9(3)15)14(11)19-13/h5-7H,4H2,1-3H3. The van der Waals surface area contributed by atoms with E-state index in [2.05, 4.69) is 0 Å². The number of carbonyl (C=O) groups excluding carboxylic acids is 1. The Balaban J connectivity index is 2.97. The number of fused-ring (bicyclic) bond motifs is 1. The summed E-state index contributed by atoms with van der Waals surface area (Å²) < 4.78 is 29.0. The number of Topliss-reactive ketones (excluding diaryl/α,β-unsaturated/α-hetero) is 1. The van der Waals surface area contributed by atoms with E-state index < -0.39 is 20.4 Å². The Kier molecular flexibility index (Phi) is 3.52. The summed E-state index contributed by atoms with van der Waals surface area (Å²) in [7, 11) is -3.64. The van der Waals surface area contributed by atoms with Crippen molar-refractivity contribution in [2.75, 3.05) is 5.75 Å². The van der Waals surface area contributed by atoms with Crippen LogP contribution in [-0.2, 0) is 9.84 Å². The van der Waals surface area contributed by atoms with Crippen molar-refractivity contribution in [2.45, 2.75) is 25.9 Å². The van der Waals surface area contributed by atoms with E-state index in [1.165, 1.54) is 13.8 Å². The van der Waals surface area contributed by atoms with Gasteiger partial charge in [-0.2, -0.15) is 0 Å². The highest BCUT2D eigenvalue weighted by atomic mass is 32.2. The average molecular weight is 294 g/mol. The van der Waals surface area contributed by atoms with Gasteiger partial charge in [-0.1, -0.05) is 6.92 Å². The topological polar surface area (TPSA) is 81.4 Å². The SMILES string of the molecule is CCS(=O)(=O)c1cc(=O)c2cc(C)cc(C(C)=O)c2o1. The van der Waals surface area contributed by atoms with Gasteiger partial charge in [-0.3, -0.25) is 9.59 Å². The molecule has 0 saturated heterocycles. The zero-order valence-corrected chi connectivity index (χ0v) is 12.2. The largest absolute Gasteiger partial charge is 0.444 e. The van der Waals surface area contributed by atoms with Crippen molar-refractivity contribution in [3.05, 3.63) is 39.5 Å². The minimum Gasteiger partial charge on any atom is -0.444 e. The molecule has 1 aromatic heterocycles. The molecule has 20 heavy (non-hydrogen) atoms. The molecule has 0 aliphatic heterocycles. The van der Waals surface area contributed by atoms with Gasteiger partial charge in [-0.15, -0.1) is 0 Å². The van der Waals surface area contributed by atoms with Crippen LogP contribution in [0.2, 0.25) is 0 Å². The average Bonchev–Trinajstić information content (AvgIpc) is 2.38. The maximum absolute atomic E-state index is 12.1. The van der Waals surface area contributed by atoms with Gasteiger partial charge in [-0.25, -0.2) is 8.42 Å². The predicted molar refractivity (Wildman–Crippen MR) is 75.0 cm³/mol. The van der Waals surface area contributed by atoms with Gasteiger partial charge in [0.15, 0.2) is 11.2 Å². The van der Waals surface area contributed by atoms with Crippen LogP contribution in [0.1, 0.15) is 29.8 Å². The minimum absolute atomic E-state index is 0.0302. The summed E-state index contributed by atoms with van der Waals surface area (Å²) in [6.45, 7) is 4.55. The zero-order chi connectivity index (χ0) is 15.1. The lowest BCUT2D eigenvalue weighted by Crippen LogP contribution is -2.11. The van der Waals surface area contributed by atoms with Crippen molar-refractivity contribution in [3.63, 3.8) is 0 Å². The lowest BCUT2D eigenvalue weighted by molar-refractivity contribution is 0.101. The molecule has 6 heteroatoms. The van der Waals surface area contributed by atoms with Crippen LogP contribution in [0.4, 0.5) is 0 Å². The number of benzene rings is 1. The first kappa shape index (κ1) is 14.5. The molecule has 0 bridgehead atoms. The Hall–Kier alpha value is -1.95. The minimum atomic E-state index is -3.64. The lowest BCUT2D eigenvalue weighted by atomic mass is 10.0. The molecule has 0 aliphatic carbocycles. The van der Waals surface area contributed by atoms with Crippen LogP contribution in [0.15, 0.2) is 32.5 Å². The summed E-state index contributed by atoms with van der Waals surface area (Å²) in [4.78, 5) is 23.7. The van der Waals surface area contributed by atoms with Gasteiger partial charge in [0.1, 0.15) is 5.58 Å². The molecule has 0 atom stereocenters. The Morgan fingerprint density at radius 3 is 2.45 bits per heavy atom. The Bertz CT molecular complexity index is 859. The molecule has 0 N–H and O–H groups in total. The molecule has 0 spiro atoms. The van der Waals surface area contributed by atoms with E-state index >= 15 is 0 Å². The summed E-state index contributed by atoms with van der Waals surface area (Å²) in [5.74, 6) is -0.462. The number of aryl methyl sites for hydroxylation is 1. The van der Waals surface area contributed by atoms with Crippen molar-refractivity contribution in [2.24, 2.45) is 0 Å². The molecule has 5 nitrogen and oxygen atoms in total. The molecule has 2 rings (SSSR count). The van der Waals surface area contributed by atoms with Crippen molar-refractivity contribution in [3.8, 4) is 0 Å². The molecule has 1 heterocycles. The van der Waals surface area contributed by atoms with Crippen molar-refractivity contribution in [1.29, 1.82) is 0 Å². The first-order valence-electron chi connectivity index (χ1n) is 6.08. The fraction of sp³-hybridized carbons (Fsp3) is 0.286. The fourth-order valence-electron chi connectivity index (χ4n) is 1.94. The fourth-order valence-corrected chi connectivity index (χ4v) is 2.72. The molecule has 106 valence electrons. The third kappa shape index (κ3) is 2.38. The highest BCUT2D eigenvalue weighted by molar-refractivity contribution is 7.91. The molecular formula is C14H14O5S. The van der Waals surface area contributed by atoms with E-state index in [9.17, 15) is 18.0 Å².